The number of hydrogen-bond donors (Lipinski definition) is 1. The van der Waals surface area contributed by atoms with Crippen LogP contribution in [0.15, 0.2) is 95.4 Å². The maximum absolute atomic E-state index is 10.7. The van der Waals surface area contributed by atoms with Gasteiger partial charge in [0, 0.05) is 6.42 Å². The molecule has 5 nitrogen and oxygen atoms in total. The van der Waals surface area contributed by atoms with Crippen LogP contribution in [0.3, 0.4) is 0 Å². The van der Waals surface area contributed by atoms with Gasteiger partial charge in [-0.05, 0) is 16.7 Å². The average molecular weight is 381 g/mol. The fraction of sp³-hybridized carbons (Fsp3) is 0.0952. The molecule has 3 rings (SSSR count). The first-order chi connectivity index (χ1) is 13.1. The third kappa shape index (κ3) is 7.25. The fourth-order valence-corrected chi connectivity index (χ4v) is 2.74. The number of carboxylic acids is 1. The van der Waals surface area contributed by atoms with Crippen LogP contribution in [0.4, 0.5) is 0 Å². The molecule has 27 heavy (non-hydrogen) atoms. The molecule has 0 unspecified atom stereocenters. The molecule has 3 aromatic carbocycles. The highest BCUT2D eigenvalue weighted by Crippen LogP contribution is 2.17. The summed E-state index contributed by atoms with van der Waals surface area (Å²) in [7, 11) is -2.70. The van der Waals surface area contributed by atoms with Crippen LogP contribution in [0.5, 0.6) is 0 Å². The Labute approximate surface area is 159 Å². The molecule has 6 heteroatoms. The second-order valence-electron chi connectivity index (χ2n) is 5.60. The van der Waals surface area contributed by atoms with Crippen LogP contribution in [0, 0.1) is 0 Å². The fourth-order valence-electron chi connectivity index (χ4n) is 2.37. The second kappa shape index (κ2) is 10.7. The Morgan fingerprint density at radius 3 is 1.56 bits per heavy atom. The van der Waals surface area contributed by atoms with Crippen LogP contribution in [-0.2, 0) is 21.7 Å². The first-order valence-corrected chi connectivity index (χ1v) is 9.27. The van der Waals surface area contributed by atoms with E-state index in [9.17, 15) is 13.2 Å². The van der Waals surface area contributed by atoms with Crippen molar-refractivity contribution in [2.24, 2.45) is 4.36 Å². The van der Waals surface area contributed by atoms with Crippen LogP contribution in [0.25, 0.3) is 11.1 Å². The van der Waals surface area contributed by atoms with Gasteiger partial charge >= 0.3 is 16.5 Å². The summed E-state index contributed by atoms with van der Waals surface area (Å²) in [6.07, 6.45) is 0.0736. The van der Waals surface area contributed by atoms with E-state index < -0.39 is 22.5 Å². The molecule has 138 valence electrons. The Bertz CT molecular complexity index is 927. The highest BCUT2D eigenvalue weighted by Gasteiger charge is 2.17. The molecule has 0 amide bonds. The molecule has 0 radical (unpaired) electrons. The van der Waals surface area contributed by atoms with Crippen molar-refractivity contribution in [3.05, 3.63) is 96.6 Å². The summed E-state index contributed by atoms with van der Waals surface area (Å²) in [6.45, 7) is 0. The highest BCUT2D eigenvalue weighted by molar-refractivity contribution is 7.61. The SMILES string of the molecule is O=C(O)[C@@H](Cc1ccccc1)N=S(=O)=O.c1ccc(-c2ccccc2)cc1. The molecule has 0 heterocycles. The van der Waals surface area contributed by atoms with Crippen molar-refractivity contribution in [1.82, 2.24) is 0 Å². The van der Waals surface area contributed by atoms with E-state index in [4.69, 9.17) is 5.11 Å². The van der Waals surface area contributed by atoms with E-state index in [2.05, 4.69) is 52.9 Å². The van der Waals surface area contributed by atoms with E-state index in [0.717, 1.165) is 5.56 Å². The summed E-state index contributed by atoms with van der Waals surface area (Å²) in [5.74, 6) is -1.25. The molecule has 3 aromatic rings. The molecular weight excluding hydrogens is 362 g/mol. The molecule has 0 aliphatic carbocycles. The molecule has 0 saturated heterocycles. The Kier molecular flexibility index (Phi) is 7.93. The van der Waals surface area contributed by atoms with E-state index in [1.54, 1.807) is 30.3 Å². The van der Waals surface area contributed by atoms with Gasteiger partial charge in [0.25, 0.3) is 0 Å². The number of hydrogen-bond acceptors (Lipinski definition) is 4. The average Bonchev–Trinajstić information content (AvgIpc) is 2.70. The Morgan fingerprint density at radius 2 is 1.19 bits per heavy atom. The summed E-state index contributed by atoms with van der Waals surface area (Å²) < 4.78 is 23.6. The number of aliphatic carboxylic acids is 1. The number of rotatable bonds is 5. The van der Waals surface area contributed by atoms with Crippen molar-refractivity contribution in [3.63, 3.8) is 0 Å². The zero-order valence-corrected chi connectivity index (χ0v) is 15.3. The monoisotopic (exact) mass is 381 g/mol. The van der Waals surface area contributed by atoms with E-state index in [1.807, 2.05) is 12.1 Å². The summed E-state index contributed by atoms with van der Waals surface area (Å²) in [4.78, 5) is 10.7. The topological polar surface area (TPSA) is 83.8 Å². The Hall–Kier alpha value is -3.25. The van der Waals surface area contributed by atoms with Gasteiger partial charge in [-0.2, -0.15) is 12.8 Å². The molecule has 0 spiro atoms. The van der Waals surface area contributed by atoms with E-state index in [1.165, 1.54) is 11.1 Å². The summed E-state index contributed by atoms with van der Waals surface area (Å²) in [5, 5.41) is 8.72. The first kappa shape index (κ1) is 20.1. The lowest BCUT2D eigenvalue weighted by molar-refractivity contribution is -0.138. The van der Waals surface area contributed by atoms with Crippen molar-refractivity contribution in [2.75, 3.05) is 0 Å². The predicted octanol–water partition coefficient (Wildman–Crippen LogP) is 4.10. The molecule has 0 aliphatic heterocycles. The lowest BCUT2D eigenvalue weighted by atomic mass is 10.1. The van der Waals surface area contributed by atoms with Gasteiger partial charge in [-0.3, -0.25) is 0 Å². The van der Waals surface area contributed by atoms with Gasteiger partial charge < -0.3 is 5.11 Å². The molecule has 0 aromatic heterocycles. The molecule has 1 N–H and O–H groups in total. The van der Waals surface area contributed by atoms with Crippen LogP contribution in [-0.4, -0.2) is 25.5 Å². The van der Waals surface area contributed by atoms with Crippen LogP contribution >= 0.6 is 0 Å². The Balaban J connectivity index is 0.000000198. The zero-order chi connectivity index (χ0) is 19.5. The van der Waals surface area contributed by atoms with Crippen molar-refractivity contribution >= 4 is 16.5 Å². The van der Waals surface area contributed by atoms with Gasteiger partial charge in [-0.15, -0.1) is 0 Å². The number of carbonyl (C=O) groups is 1. The zero-order valence-electron chi connectivity index (χ0n) is 14.5. The summed E-state index contributed by atoms with van der Waals surface area (Å²) >= 11 is 0. The molecule has 0 fully saturated rings. The van der Waals surface area contributed by atoms with E-state index in [-0.39, 0.29) is 6.42 Å². The van der Waals surface area contributed by atoms with Crippen molar-refractivity contribution in [1.29, 1.82) is 0 Å². The maximum atomic E-state index is 10.7. The standard InChI is InChI=1S/C12H10.C9H9NO4S/c1-3-7-11(8-4-1)12-9-5-2-6-10-12;11-9(12)8(10-15(13)14)6-7-4-2-1-3-5-7/h1-10H;1-5,8H,6H2,(H,11,12)/t;8-/m.1/s1. The molecule has 1 atom stereocenters. The van der Waals surface area contributed by atoms with Gasteiger partial charge in [0.1, 0.15) is 0 Å². The minimum atomic E-state index is -2.70. The Morgan fingerprint density at radius 1 is 0.778 bits per heavy atom. The maximum Gasteiger partial charge on any atom is 0.330 e. The van der Waals surface area contributed by atoms with Crippen molar-refractivity contribution in [3.8, 4) is 11.1 Å². The molecule has 0 saturated carbocycles. The minimum Gasteiger partial charge on any atom is -0.480 e. The van der Waals surface area contributed by atoms with Gasteiger partial charge in [-0.1, -0.05) is 91.0 Å². The van der Waals surface area contributed by atoms with Crippen LogP contribution in [0.1, 0.15) is 5.56 Å². The van der Waals surface area contributed by atoms with Gasteiger partial charge in [-0.25, -0.2) is 4.79 Å². The third-order valence-corrected chi connectivity index (χ3v) is 4.08. The van der Waals surface area contributed by atoms with E-state index in [0.29, 0.717) is 0 Å². The summed E-state index contributed by atoms with van der Waals surface area (Å²) in [6, 6.07) is 28.3. The van der Waals surface area contributed by atoms with Gasteiger partial charge in [0.05, 0.1) is 0 Å². The van der Waals surface area contributed by atoms with Crippen LogP contribution < -0.4 is 0 Å². The predicted molar refractivity (Wildman–Crippen MR) is 105 cm³/mol. The second-order valence-corrected chi connectivity index (χ2v) is 6.24. The lowest BCUT2D eigenvalue weighted by Crippen LogP contribution is -2.20. The van der Waals surface area contributed by atoms with E-state index >= 15 is 0 Å². The molecule has 0 bridgehead atoms. The third-order valence-electron chi connectivity index (χ3n) is 3.65. The largest absolute Gasteiger partial charge is 0.480 e. The normalized spacial score (nSPS) is 10.8. The van der Waals surface area contributed by atoms with Crippen molar-refractivity contribution in [2.45, 2.75) is 12.5 Å². The minimum absolute atomic E-state index is 0.0736. The smallest absolute Gasteiger partial charge is 0.330 e. The number of benzene rings is 3. The molecular formula is C21H19NO4S. The van der Waals surface area contributed by atoms with Crippen LogP contribution in [0.2, 0.25) is 0 Å². The highest BCUT2D eigenvalue weighted by atomic mass is 32.2. The summed E-state index contributed by atoms with van der Waals surface area (Å²) in [5.41, 5.74) is 3.29. The van der Waals surface area contributed by atoms with Crippen molar-refractivity contribution < 1.29 is 18.3 Å². The number of nitrogens with zero attached hydrogens (tertiary/aromatic N) is 1. The lowest BCUT2D eigenvalue weighted by Gasteiger charge is -2.04. The molecule has 0 aliphatic rings. The quantitative estimate of drug-likeness (QED) is 0.721. The first-order valence-electron chi connectivity index (χ1n) is 8.23. The number of carboxylic acid groups (broad SMARTS) is 1. The van der Waals surface area contributed by atoms with Gasteiger partial charge in [0.2, 0.25) is 0 Å². The van der Waals surface area contributed by atoms with Gasteiger partial charge in [0.15, 0.2) is 6.04 Å².